The monoisotopic (exact) mass is 275 g/mol. The Morgan fingerprint density at radius 1 is 1.00 bits per heavy atom. The standard InChI is InChI=1S/C17H29N3/c1-5-19-6-8-20(9-7-19)12-16(18)17-14(3)10-13(2)11-15(17)4/h10-11,16H,5-9,12,18H2,1-4H3. The first-order chi connectivity index (χ1) is 9.51. The molecule has 2 rings (SSSR count). The smallest absolute Gasteiger partial charge is 0.0429 e. The average Bonchev–Trinajstić information content (AvgIpc) is 2.38. The topological polar surface area (TPSA) is 32.5 Å². The fraction of sp³-hybridized carbons (Fsp3) is 0.647. The lowest BCUT2D eigenvalue weighted by atomic mass is 9.94. The van der Waals surface area contributed by atoms with Crippen molar-refractivity contribution < 1.29 is 0 Å². The largest absolute Gasteiger partial charge is 0.323 e. The van der Waals surface area contributed by atoms with Gasteiger partial charge >= 0.3 is 0 Å². The van der Waals surface area contributed by atoms with Crippen LogP contribution in [0.3, 0.4) is 0 Å². The SMILES string of the molecule is CCN1CCN(CC(N)c2c(C)cc(C)cc2C)CC1. The van der Waals surface area contributed by atoms with Crippen molar-refractivity contribution in [3.05, 3.63) is 34.4 Å². The Morgan fingerprint density at radius 3 is 2.00 bits per heavy atom. The molecule has 0 amide bonds. The molecule has 1 heterocycles. The third-order valence-electron chi connectivity index (χ3n) is 4.48. The summed E-state index contributed by atoms with van der Waals surface area (Å²) in [5.41, 5.74) is 11.8. The molecule has 0 aromatic heterocycles. The van der Waals surface area contributed by atoms with Crippen LogP contribution >= 0.6 is 0 Å². The Morgan fingerprint density at radius 2 is 1.50 bits per heavy atom. The number of piperazine rings is 1. The summed E-state index contributed by atoms with van der Waals surface area (Å²) in [6.45, 7) is 15.5. The van der Waals surface area contributed by atoms with Crippen LogP contribution in [-0.4, -0.2) is 49.1 Å². The van der Waals surface area contributed by atoms with Crippen molar-refractivity contribution in [2.24, 2.45) is 5.73 Å². The van der Waals surface area contributed by atoms with E-state index in [-0.39, 0.29) is 6.04 Å². The van der Waals surface area contributed by atoms with Crippen molar-refractivity contribution in [2.45, 2.75) is 33.7 Å². The van der Waals surface area contributed by atoms with E-state index in [1.165, 1.54) is 35.3 Å². The molecule has 1 atom stereocenters. The third kappa shape index (κ3) is 3.60. The average molecular weight is 275 g/mol. The van der Waals surface area contributed by atoms with Crippen LogP contribution in [0.25, 0.3) is 0 Å². The maximum atomic E-state index is 6.49. The van der Waals surface area contributed by atoms with Gasteiger partial charge in [-0.2, -0.15) is 0 Å². The molecule has 1 aliphatic heterocycles. The summed E-state index contributed by atoms with van der Waals surface area (Å²) >= 11 is 0. The number of rotatable bonds is 4. The van der Waals surface area contributed by atoms with Gasteiger partial charge in [0.15, 0.2) is 0 Å². The summed E-state index contributed by atoms with van der Waals surface area (Å²) in [4.78, 5) is 5.01. The fourth-order valence-corrected chi connectivity index (χ4v) is 3.43. The van der Waals surface area contributed by atoms with Gasteiger partial charge in [-0.15, -0.1) is 0 Å². The molecule has 1 aromatic rings. The van der Waals surface area contributed by atoms with Crippen molar-refractivity contribution >= 4 is 0 Å². The molecule has 0 bridgehead atoms. The van der Waals surface area contributed by atoms with E-state index < -0.39 is 0 Å². The van der Waals surface area contributed by atoms with Crippen molar-refractivity contribution in [1.82, 2.24) is 9.80 Å². The minimum Gasteiger partial charge on any atom is -0.323 e. The number of hydrogen-bond acceptors (Lipinski definition) is 3. The van der Waals surface area contributed by atoms with Gasteiger partial charge in [0, 0.05) is 38.8 Å². The zero-order valence-electron chi connectivity index (χ0n) is 13.4. The Labute approximate surface area is 123 Å². The first-order valence-electron chi connectivity index (χ1n) is 7.79. The van der Waals surface area contributed by atoms with Crippen LogP contribution in [-0.2, 0) is 0 Å². The second kappa shape index (κ2) is 6.70. The molecule has 20 heavy (non-hydrogen) atoms. The van der Waals surface area contributed by atoms with Crippen LogP contribution in [0.15, 0.2) is 12.1 Å². The summed E-state index contributed by atoms with van der Waals surface area (Å²) in [6.07, 6.45) is 0. The highest BCUT2D eigenvalue weighted by molar-refractivity contribution is 5.39. The van der Waals surface area contributed by atoms with Crippen LogP contribution in [0.4, 0.5) is 0 Å². The van der Waals surface area contributed by atoms with Gasteiger partial charge in [-0.3, -0.25) is 4.90 Å². The van der Waals surface area contributed by atoms with E-state index in [9.17, 15) is 0 Å². The lowest BCUT2D eigenvalue weighted by Crippen LogP contribution is -2.48. The van der Waals surface area contributed by atoms with Gasteiger partial charge in [-0.1, -0.05) is 24.6 Å². The fourth-order valence-electron chi connectivity index (χ4n) is 3.43. The first kappa shape index (κ1) is 15.5. The van der Waals surface area contributed by atoms with Gasteiger partial charge in [0.2, 0.25) is 0 Å². The predicted octanol–water partition coefficient (Wildman–Crippen LogP) is 2.25. The summed E-state index contributed by atoms with van der Waals surface area (Å²) in [5, 5.41) is 0. The molecule has 1 aliphatic rings. The number of aryl methyl sites for hydroxylation is 3. The molecular weight excluding hydrogens is 246 g/mol. The van der Waals surface area contributed by atoms with Gasteiger partial charge in [0.05, 0.1) is 0 Å². The minimum atomic E-state index is 0.128. The third-order valence-corrected chi connectivity index (χ3v) is 4.48. The Balaban J connectivity index is 2.00. The lowest BCUT2D eigenvalue weighted by molar-refractivity contribution is 0.131. The molecule has 2 N–H and O–H groups in total. The lowest BCUT2D eigenvalue weighted by Gasteiger charge is -2.35. The quantitative estimate of drug-likeness (QED) is 0.915. The van der Waals surface area contributed by atoms with Crippen molar-refractivity contribution in [2.75, 3.05) is 39.3 Å². The number of likely N-dealkylation sites (N-methyl/N-ethyl adjacent to an activating group) is 1. The van der Waals surface area contributed by atoms with E-state index in [0.29, 0.717) is 0 Å². The maximum absolute atomic E-state index is 6.49. The zero-order valence-corrected chi connectivity index (χ0v) is 13.4. The number of nitrogens with zero attached hydrogens (tertiary/aromatic N) is 2. The minimum absolute atomic E-state index is 0.128. The maximum Gasteiger partial charge on any atom is 0.0429 e. The second-order valence-corrected chi connectivity index (χ2v) is 6.15. The Kier molecular flexibility index (Phi) is 5.19. The molecular formula is C17H29N3. The van der Waals surface area contributed by atoms with E-state index in [1.807, 2.05) is 0 Å². The molecule has 1 saturated heterocycles. The molecule has 0 aliphatic carbocycles. The second-order valence-electron chi connectivity index (χ2n) is 6.15. The first-order valence-corrected chi connectivity index (χ1v) is 7.79. The van der Waals surface area contributed by atoms with Gasteiger partial charge < -0.3 is 10.6 Å². The highest BCUT2D eigenvalue weighted by atomic mass is 15.3. The van der Waals surface area contributed by atoms with Gasteiger partial charge in [-0.05, 0) is 44.0 Å². The summed E-state index contributed by atoms with van der Waals surface area (Å²) in [6, 6.07) is 4.62. The zero-order chi connectivity index (χ0) is 14.7. The molecule has 1 aromatic carbocycles. The molecule has 3 nitrogen and oxygen atoms in total. The normalized spacial score (nSPS) is 19.2. The molecule has 3 heteroatoms. The van der Waals surface area contributed by atoms with E-state index in [2.05, 4.69) is 49.6 Å². The van der Waals surface area contributed by atoms with Crippen molar-refractivity contribution in [3.8, 4) is 0 Å². The van der Waals surface area contributed by atoms with Gasteiger partial charge in [0.1, 0.15) is 0 Å². The highest BCUT2D eigenvalue weighted by Gasteiger charge is 2.20. The molecule has 0 spiro atoms. The van der Waals surface area contributed by atoms with E-state index >= 15 is 0 Å². The van der Waals surface area contributed by atoms with Crippen molar-refractivity contribution in [1.29, 1.82) is 0 Å². The summed E-state index contributed by atoms with van der Waals surface area (Å²) in [7, 11) is 0. The van der Waals surface area contributed by atoms with Gasteiger partial charge in [0.25, 0.3) is 0 Å². The Hall–Kier alpha value is -0.900. The van der Waals surface area contributed by atoms with E-state index in [0.717, 1.165) is 26.2 Å². The highest BCUT2D eigenvalue weighted by Crippen LogP contribution is 2.23. The molecule has 0 saturated carbocycles. The molecule has 112 valence electrons. The number of nitrogens with two attached hydrogens (primary N) is 1. The van der Waals surface area contributed by atoms with Crippen LogP contribution < -0.4 is 5.73 Å². The molecule has 1 unspecified atom stereocenters. The summed E-state index contributed by atoms with van der Waals surface area (Å²) in [5.74, 6) is 0. The number of hydrogen-bond donors (Lipinski definition) is 1. The van der Waals surface area contributed by atoms with Gasteiger partial charge in [-0.25, -0.2) is 0 Å². The van der Waals surface area contributed by atoms with E-state index in [1.54, 1.807) is 0 Å². The predicted molar refractivity (Wildman–Crippen MR) is 86.1 cm³/mol. The van der Waals surface area contributed by atoms with Crippen LogP contribution in [0.2, 0.25) is 0 Å². The van der Waals surface area contributed by atoms with Crippen LogP contribution in [0, 0.1) is 20.8 Å². The van der Waals surface area contributed by atoms with Crippen LogP contribution in [0.5, 0.6) is 0 Å². The van der Waals surface area contributed by atoms with Crippen molar-refractivity contribution in [3.63, 3.8) is 0 Å². The number of benzene rings is 1. The van der Waals surface area contributed by atoms with Crippen LogP contribution in [0.1, 0.15) is 35.2 Å². The summed E-state index contributed by atoms with van der Waals surface area (Å²) < 4.78 is 0. The van der Waals surface area contributed by atoms with E-state index in [4.69, 9.17) is 5.73 Å². The molecule has 1 fully saturated rings. The molecule has 0 radical (unpaired) electrons. The Bertz CT molecular complexity index is 425.